The quantitative estimate of drug-likeness (QED) is 0.504. The lowest BCUT2D eigenvalue weighted by atomic mass is 9.88. The van der Waals surface area contributed by atoms with Gasteiger partial charge in [-0.15, -0.1) is 0 Å². The topological polar surface area (TPSA) is 67.6 Å². The Labute approximate surface area is 169 Å². The highest BCUT2D eigenvalue weighted by atomic mass is 32.2. The lowest BCUT2D eigenvalue weighted by molar-refractivity contribution is -0.120. The largest absolute Gasteiger partial charge is 0.464 e. The summed E-state index contributed by atoms with van der Waals surface area (Å²) in [5, 5.41) is 0.776. The molecule has 2 aromatic rings. The number of carbonyl (C=O) groups is 1. The average molecular weight is 408 g/mol. The van der Waals surface area contributed by atoms with Gasteiger partial charge in [0.2, 0.25) is 10.0 Å². The van der Waals surface area contributed by atoms with Crippen LogP contribution in [0.5, 0.6) is 0 Å². The smallest absolute Gasteiger partial charge is 0.243 e. The zero-order valence-electron chi connectivity index (χ0n) is 17.7. The van der Waals surface area contributed by atoms with Crippen molar-refractivity contribution in [3.8, 4) is 0 Å². The van der Waals surface area contributed by atoms with Crippen molar-refractivity contribution in [2.24, 2.45) is 11.3 Å². The Bertz CT molecular complexity index is 891. The lowest BCUT2D eigenvalue weighted by Gasteiger charge is -2.24. The van der Waals surface area contributed by atoms with Gasteiger partial charge in [0.05, 0.1) is 11.2 Å². The van der Waals surface area contributed by atoms with E-state index in [0.717, 1.165) is 5.39 Å². The van der Waals surface area contributed by atoms with Crippen LogP contribution in [0, 0.1) is 11.3 Å². The second-order valence-electron chi connectivity index (χ2n) is 9.11. The maximum atomic E-state index is 13.2. The van der Waals surface area contributed by atoms with Crippen molar-refractivity contribution in [3.05, 3.63) is 30.5 Å². The molecule has 0 N–H and O–H groups in total. The van der Waals surface area contributed by atoms with Gasteiger partial charge < -0.3 is 4.42 Å². The van der Waals surface area contributed by atoms with Crippen LogP contribution in [0.15, 0.2) is 39.8 Å². The third kappa shape index (κ3) is 6.45. The van der Waals surface area contributed by atoms with Crippen LogP contribution in [-0.2, 0) is 14.8 Å². The molecular weight excluding hydrogens is 374 g/mol. The molecule has 0 spiro atoms. The van der Waals surface area contributed by atoms with Gasteiger partial charge in [-0.1, -0.05) is 34.6 Å². The number of furan rings is 1. The summed E-state index contributed by atoms with van der Waals surface area (Å²) in [4.78, 5) is 12.3. The summed E-state index contributed by atoms with van der Waals surface area (Å²) >= 11 is 0. The van der Waals surface area contributed by atoms with Gasteiger partial charge in [-0.25, -0.2) is 8.42 Å². The van der Waals surface area contributed by atoms with Gasteiger partial charge in [-0.3, -0.25) is 4.79 Å². The SMILES string of the molecule is CC(C)CN(CCCCC(=O)CC(C)(C)C)S(=O)(=O)c1ccc2occc2c1. The second-order valence-corrected chi connectivity index (χ2v) is 11.0. The second kappa shape index (κ2) is 9.23. The molecule has 0 aliphatic rings. The van der Waals surface area contributed by atoms with Crippen LogP contribution < -0.4 is 0 Å². The van der Waals surface area contributed by atoms with Crippen molar-refractivity contribution in [2.75, 3.05) is 13.1 Å². The van der Waals surface area contributed by atoms with E-state index in [4.69, 9.17) is 4.42 Å². The van der Waals surface area contributed by atoms with Crippen molar-refractivity contribution >= 4 is 26.8 Å². The molecule has 6 heteroatoms. The minimum absolute atomic E-state index is 0.00414. The highest BCUT2D eigenvalue weighted by molar-refractivity contribution is 7.89. The van der Waals surface area contributed by atoms with Gasteiger partial charge in [0, 0.05) is 31.3 Å². The third-order valence-corrected chi connectivity index (χ3v) is 6.33. The molecule has 0 unspecified atom stereocenters. The normalized spacial score (nSPS) is 13.0. The molecule has 5 nitrogen and oxygen atoms in total. The fraction of sp³-hybridized carbons (Fsp3) is 0.591. The Hall–Kier alpha value is -1.66. The number of ketones is 1. The summed E-state index contributed by atoms with van der Waals surface area (Å²) in [6, 6.07) is 6.72. The van der Waals surface area contributed by atoms with E-state index < -0.39 is 10.0 Å². The lowest BCUT2D eigenvalue weighted by Crippen LogP contribution is -2.35. The Kier molecular flexibility index (Phi) is 7.46. The summed E-state index contributed by atoms with van der Waals surface area (Å²) in [5.74, 6) is 0.464. The van der Waals surface area contributed by atoms with Gasteiger partial charge in [0.15, 0.2) is 0 Å². The van der Waals surface area contributed by atoms with E-state index in [-0.39, 0.29) is 22.0 Å². The Morgan fingerprint density at radius 1 is 1.14 bits per heavy atom. The van der Waals surface area contributed by atoms with Gasteiger partial charge in [-0.2, -0.15) is 4.31 Å². The predicted molar refractivity (Wildman–Crippen MR) is 113 cm³/mol. The van der Waals surface area contributed by atoms with Crippen molar-refractivity contribution < 1.29 is 17.6 Å². The first-order chi connectivity index (χ1) is 13.0. The minimum Gasteiger partial charge on any atom is -0.464 e. The standard InChI is InChI=1S/C22H33NO4S/c1-17(2)16-23(12-7-6-8-19(24)15-22(3,4)5)28(25,26)20-9-10-21-18(14-20)11-13-27-21/h9-11,13-14,17H,6-8,12,15-16H2,1-5H3. The molecule has 0 amide bonds. The third-order valence-electron chi connectivity index (χ3n) is 4.47. The van der Waals surface area contributed by atoms with E-state index >= 15 is 0 Å². The first kappa shape index (κ1) is 22.6. The number of carbonyl (C=O) groups excluding carboxylic acids is 1. The zero-order valence-corrected chi connectivity index (χ0v) is 18.5. The van der Waals surface area contributed by atoms with Crippen molar-refractivity contribution in [2.45, 2.75) is 65.2 Å². The van der Waals surface area contributed by atoms with Crippen LogP contribution in [0.25, 0.3) is 11.0 Å². The molecule has 0 saturated heterocycles. The van der Waals surface area contributed by atoms with Gasteiger partial charge in [-0.05, 0) is 48.4 Å². The summed E-state index contributed by atoms with van der Waals surface area (Å²) < 4.78 is 33.2. The van der Waals surface area contributed by atoms with Crippen molar-refractivity contribution in [1.29, 1.82) is 0 Å². The molecule has 156 valence electrons. The minimum atomic E-state index is -3.59. The van der Waals surface area contributed by atoms with Crippen LogP contribution in [0.1, 0.15) is 60.3 Å². The van der Waals surface area contributed by atoms with Gasteiger partial charge in [0.1, 0.15) is 11.4 Å². The number of benzene rings is 1. The van der Waals surface area contributed by atoms with Crippen molar-refractivity contribution in [3.63, 3.8) is 0 Å². The number of rotatable bonds is 10. The Morgan fingerprint density at radius 3 is 2.50 bits per heavy atom. The fourth-order valence-electron chi connectivity index (χ4n) is 3.26. The monoisotopic (exact) mass is 407 g/mol. The van der Waals surface area contributed by atoms with Crippen LogP contribution in [-0.4, -0.2) is 31.6 Å². The van der Waals surface area contributed by atoms with Crippen LogP contribution in [0.4, 0.5) is 0 Å². The highest BCUT2D eigenvalue weighted by Gasteiger charge is 2.25. The van der Waals surface area contributed by atoms with E-state index in [0.29, 0.717) is 44.4 Å². The molecule has 2 rings (SSSR count). The molecule has 0 fully saturated rings. The molecule has 0 aliphatic heterocycles. The number of Topliss-reactive ketones (excluding diaryl/α,β-unsaturated/α-hetero) is 1. The number of fused-ring (bicyclic) bond motifs is 1. The number of unbranched alkanes of at least 4 members (excludes halogenated alkanes) is 1. The molecule has 0 radical (unpaired) electrons. The van der Waals surface area contributed by atoms with Gasteiger partial charge >= 0.3 is 0 Å². The summed E-state index contributed by atoms with van der Waals surface area (Å²) in [5.41, 5.74) is 0.669. The Balaban J connectivity index is 2.04. The maximum absolute atomic E-state index is 13.2. The van der Waals surface area contributed by atoms with E-state index in [2.05, 4.69) is 20.8 Å². The molecular formula is C22H33NO4S. The predicted octanol–water partition coefficient (Wildman–Crippen LogP) is 5.26. The molecule has 0 atom stereocenters. The van der Waals surface area contributed by atoms with Crippen molar-refractivity contribution in [1.82, 2.24) is 4.31 Å². The fourth-order valence-corrected chi connectivity index (χ4v) is 4.94. The van der Waals surface area contributed by atoms with Crippen LogP contribution in [0.2, 0.25) is 0 Å². The molecule has 0 saturated carbocycles. The van der Waals surface area contributed by atoms with E-state index in [1.165, 1.54) is 0 Å². The summed E-state index contributed by atoms with van der Waals surface area (Å²) in [7, 11) is -3.59. The highest BCUT2D eigenvalue weighted by Crippen LogP contribution is 2.24. The number of hydrogen-bond donors (Lipinski definition) is 0. The van der Waals surface area contributed by atoms with E-state index in [9.17, 15) is 13.2 Å². The first-order valence-corrected chi connectivity index (χ1v) is 11.4. The molecule has 1 aromatic carbocycles. The molecule has 0 bridgehead atoms. The summed E-state index contributed by atoms with van der Waals surface area (Å²) in [6.07, 6.45) is 4.01. The maximum Gasteiger partial charge on any atom is 0.243 e. The number of hydrogen-bond acceptors (Lipinski definition) is 4. The average Bonchev–Trinajstić information content (AvgIpc) is 3.03. The van der Waals surface area contributed by atoms with Gasteiger partial charge in [0.25, 0.3) is 0 Å². The molecule has 28 heavy (non-hydrogen) atoms. The Morgan fingerprint density at radius 2 is 1.86 bits per heavy atom. The van der Waals surface area contributed by atoms with Crippen LogP contribution in [0.3, 0.4) is 0 Å². The van der Waals surface area contributed by atoms with E-state index in [1.54, 1.807) is 34.8 Å². The zero-order chi connectivity index (χ0) is 20.9. The van der Waals surface area contributed by atoms with Crippen LogP contribution >= 0.6 is 0 Å². The molecule has 0 aliphatic carbocycles. The molecule has 1 heterocycles. The number of sulfonamides is 1. The first-order valence-electron chi connectivity index (χ1n) is 9.98. The summed E-state index contributed by atoms with van der Waals surface area (Å²) in [6.45, 7) is 11.1. The molecule has 1 aromatic heterocycles. The number of nitrogens with zero attached hydrogens (tertiary/aromatic N) is 1. The van der Waals surface area contributed by atoms with E-state index in [1.807, 2.05) is 13.8 Å².